The Morgan fingerprint density at radius 2 is 2.26 bits per heavy atom. The first-order valence-corrected chi connectivity index (χ1v) is 7.36. The highest BCUT2D eigenvalue weighted by molar-refractivity contribution is 6.35. The van der Waals surface area contributed by atoms with E-state index < -0.39 is 0 Å². The molecule has 2 unspecified atom stereocenters. The lowest BCUT2D eigenvalue weighted by molar-refractivity contribution is 0.0292. The minimum atomic E-state index is 0.0219. The molecule has 1 fully saturated rings. The fourth-order valence-corrected chi connectivity index (χ4v) is 2.68. The highest BCUT2D eigenvalue weighted by Crippen LogP contribution is 2.30. The van der Waals surface area contributed by atoms with Crippen LogP contribution in [-0.4, -0.2) is 32.4 Å². The lowest BCUT2D eigenvalue weighted by atomic mass is 10.0. The van der Waals surface area contributed by atoms with Gasteiger partial charge in [0.2, 0.25) is 0 Å². The summed E-state index contributed by atoms with van der Waals surface area (Å²) < 4.78 is 11.6. The van der Waals surface area contributed by atoms with Gasteiger partial charge in [-0.3, -0.25) is 0 Å². The molecule has 0 radical (unpaired) electrons. The van der Waals surface area contributed by atoms with Gasteiger partial charge in [-0.15, -0.1) is 0 Å². The predicted octanol–water partition coefficient (Wildman–Crippen LogP) is 3.39. The molecule has 0 aromatic heterocycles. The van der Waals surface area contributed by atoms with Crippen molar-refractivity contribution in [1.82, 2.24) is 5.32 Å². The second-order valence-corrected chi connectivity index (χ2v) is 5.49. The third-order valence-corrected chi connectivity index (χ3v) is 3.81. The molecule has 19 heavy (non-hydrogen) atoms. The van der Waals surface area contributed by atoms with Crippen molar-refractivity contribution in [2.24, 2.45) is 5.92 Å². The molecular formula is C14H19Cl2NO2. The third kappa shape index (κ3) is 4.25. The van der Waals surface area contributed by atoms with Gasteiger partial charge in [0.1, 0.15) is 11.9 Å². The second-order valence-electron chi connectivity index (χ2n) is 4.64. The summed E-state index contributed by atoms with van der Waals surface area (Å²) in [5, 5.41) is 4.50. The largest absolute Gasteiger partial charge is 0.486 e. The Kier molecular flexibility index (Phi) is 5.76. The first kappa shape index (κ1) is 14.9. The third-order valence-electron chi connectivity index (χ3n) is 3.28. The van der Waals surface area contributed by atoms with Crippen LogP contribution in [0.5, 0.6) is 5.75 Å². The zero-order chi connectivity index (χ0) is 13.7. The summed E-state index contributed by atoms with van der Waals surface area (Å²) in [5.74, 6) is 1.13. The number of ether oxygens (including phenoxy) is 2. The van der Waals surface area contributed by atoms with E-state index in [1.54, 1.807) is 12.1 Å². The number of halogens is 2. The Morgan fingerprint density at radius 3 is 2.89 bits per heavy atom. The van der Waals surface area contributed by atoms with Crippen LogP contribution in [0.1, 0.15) is 13.3 Å². The van der Waals surface area contributed by atoms with E-state index in [-0.39, 0.29) is 6.10 Å². The van der Waals surface area contributed by atoms with Gasteiger partial charge in [-0.2, -0.15) is 0 Å². The SMILES string of the molecule is CCOCC(Oc1ccc(Cl)cc1Cl)C1CCNC1. The molecule has 1 aromatic rings. The average molecular weight is 304 g/mol. The molecule has 0 saturated carbocycles. The smallest absolute Gasteiger partial charge is 0.138 e. The van der Waals surface area contributed by atoms with Gasteiger partial charge in [-0.05, 0) is 38.1 Å². The zero-order valence-electron chi connectivity index (χ0n) is 11.0. The van der Waals surface area contributed by atoms with Gasteiger partial charge in [0.05, 0.1) is 11.6 Å². The second kappa shape index (κ2) is 7.34. The van der Waals surface area contributed by atoms with Crippen molar-refractivity contribution >= 4 is 23.2 Å². The number of nitrogens with one attached hydrogen (secondary N) is 1. The van der Waals surface area contributed by atoms with Gasteiger partial charge in [-0.1, -0.05) is 23.2 Å². The van der Waals surface area contributed by atoms with E-state index in [1.807, 2.05) is 13.0 Å². The van der Waals surface area contributed by atoms with Gasteiger partial charge in [0.15, 0.2) is 0 Å². The normalized spacial score (nSPS) is 20.5. The number of rotatable bonds is 6. The van der Waals surface area contributed by atoms with Crippen molar-refractivity contribution < 1.29 is 9.47 Å². The van der Waals surface area contributed by atoms with Crippen LogP contribution >= 0.6 is 23.2 Å². The fourth-order valence-electron chi connectivity index (χ4n) is 2.23. The van der Waals surface area contributed by atoms with E-state index in [0.29, 0.717) is 34.9 Å². The maximum Gasteiger partial charge on any atom is 0.138 e. The maximum absolute atomic E-state index is 6.15. The van der Waals surface area contributed by atoms with Crippen LogP contribution in [0.25, 0.3) is 0 Å². The van der Waals surface area contributed by atoms with Gasteiger partial charge in [0, 0.05) is 24.1 Å². The van der Waals surface area contributed by atoms with E-state index in [9.17, 15) is 0 Å². The Hall–Kier alpha value is -0.480. The minimum absolute atomic E-state index is 0.0219. The summed E-state index contributed by atoms with van der Waals surface area (Å²) in [6, 6.07) is 5.29. The summed E-state index contributed by atoms with van der Waals surface area (Å²) in [6.07, 6.45) is 1.12. The van der Waals surface area contributed by atoms with Crippen LogP contribution in [-0.2, 0) is 4.74 Å². The van der Waals surface area contributed by atoms with Gasteiger partial charge in [0.25, 0.3) is 0 Å². The molecular weight excluding hydrogens is 285 g/mol. The summed E-state index contributed by atoms with van der Waals surface area (Å²) in [7, 11) is 0. The molecule has 1 N–H and O–H groups in total. The molecule has 106 valence electrons. The van der Waals surface area contributed by atoms with E-state index in [4.69, 9.17) is 32.7 Å². The molecule has 0 bridgehead atoms. The van der Waals surface area contributed by atoms with E-state index in [0.717, 1.165) is 19.5 Å². The molecule has 3 nitrogen and oxygen atoms in total. The minimum Gasteiger partial charge on any atom is -0.486 e. The van der Waals surface area contributed by atoms with Crippen molar-refractivity contribution in [2.75, 3.05) is 26.3 Å². The first-order chi connectivity index (χ1) is 9.20. The lowest BCUT2D eigenvalue weighted by Crippen LogP contribution is -2.33. The fraction of sp³-hybridized carbons (Fsp3) is 0.571. The zero-order valence-corrected chi connectivity index (χ0v) is 12.5. The van der Waals surface area contributed by atoms with Crippen molar-refractivity contribution in [3.05, 3.63) is 28.2 Å². The van der Waals surface area contributed by atoms with Crippen LogP contribution in [0.2, 0.25) is 10.0 Å². The molecule has 1 saturated heterocycles. The summed E-state index contributed by atoms with van der Waals surface area (Å²) in [6.45, 7) is 5.25. The van der Waals surface area contributed by atoms with Crippen molar-refractivity contribution in [2.45, 2.75) is 19.4 Å². The maximum atomic E-state index is 6.15. The monoisotopic (exact) mass is 303 g/mol. The molecule has 1 aromatic carbocycles. The Balaban J connectivity index is 2.05. The predicted molar refractivity (Wildman–Crippen MR) is 78.3 cm³/mol. The number of benzene rings is 1. The molecule has 2 rings (SSSR count). The van der Waals surface area contributed by atoms with E-state index >= 15 is 0 Å². The summed E-state index contributed by atoms with van der Waals surface area (Å²) in [4.78, 5) is 0. The highest BCUT2D eigenvalue weighted by Gasteiger charge is 2.27. The Bertz CT molecular complexity index is 408. The highest BCUT2D eigenvalue weighted by atomic mass is 35.5. The quantitative estimate of drug-likeness (QED) is 0.874. The van der Waals surface area contributed by atoms with E-state index in [1.165, 1.54) is 0 Å². The van der Waals surface area contributed by atoms with Crippen LogP contribution in [0.15, 0.2) is 18.2 Å². The van der Waals surface area contributed by atoms with E-state index in [2.05, 4.69) is 5.32 Å². The Morgan fingerprint density at radius 1 is 1.42 bits per heavy atom. The van der Waals surface area contributed by atoms with Crippen LogP contribution in [0.4, 0.5) is 0 Å². The van der Waals surface area contributed by atoms with Crippen molar-refractivity contribution in [3.8, 4) is 5.75 Å². The van der Waals surface area contributed by atoms with Gasteiger partial charge >= 0.3 is 0 Å². The van der Waals surface area contributed by atoms with Crippen molar-refractivity contribution in [1.29, 1.82) is 0 Å². The van der Waals surface area contributed by atoms with Gasteiger partial charge < -0.3 is 14.8 Å². The lowest BCUT2D eigenvalue weighted by Gasteiger charge is -2.24. The standard InChI is InChI=1S/C14H19Cl2NO2/c1-2-18-9-14(10-5-6-17-8-10)19-13-4-3-11(15)7-12(13)16/h3-4,7,10,14,17H,2,5-6,8-9H2,1H3. The summed E-state index contributed by atoms with van der Waals surface area (Å²) in [5.41, 5.74) is 0. The van der Waals surface area contributed by atoms with Crippen LogP contribution < -0.4 is 10.1 Å². The molecule has 0 aliphatic carbocycles. The molecule has 5 heteroatoms. The van der Waals surface area contributed by atoms with Crippen molar-refractivity contribution in [3.63, 3.8) is 0 Å². The molecule has 0 spiro atoms. The molecule has 1 aliphatic heterocycles. The first-order valence-electron chi connectivity index (χ1n) is 6.61. The topological polar surface area (TPSA) is 30.5 Å². The molecule has 1 aliphatic rings. The number of hydrogen-bond acceptors (Lipinski definition) is 3. The summed E-state index contributed by atoms with van der Waals surface area (Å²) >= 11 is 12.0. The van der Waals surface area contributed by atoms with Crippen LogP contribution in [0.3, 0.4) is 0 Å². The average Bonchev–Trinajstić information content (AvgIpc) is 2.90. The molecule has 0 amide bonds. The van der Waals surface area contributed by atoms with Gasteiger partial charge in [-0.25, -0.2) is 0 Å². The Labute approximate surface area is 124 Å². The van der Waals surface area contributed by atoms with Crippen LogP contribution in [0, 0.1) is 5.92 Å². The molecule has 1 heterocycles. The molecule has 2 atom stereocenters. The number of hydrogen-bond donors (Lipinski definition) is 1.